The zero-order valence-electron chi connectivity index (χ0n) is 12.2. The van der Waals surface area contributed by atoms with Gasteiger partial charge in [0.1, 0.15) is 0 Å². The molecule has 0 spiro atoms. The van der Waals surface area contributed by atoms with Crippen molar-refractivity contribution < 1.29 is 14.7 Å². The third-order valence-corrected chi connectivity index (χ3v) is 2.96. The summed E-state index contributed by atoms with van der Waals surface area (Å²) in [5, 5.41) is 8.83. The molecule has 0 aromatic heterocycles. The smallest absolute Gasteiger partial charge is 0.317 e. The first-order valence-electron chi connectivity index (χ1n) is 6.50. The van der Waals surface area contributed by atoms with Crippen LogP contribution in [0.2, 0.25) is 0 Å². The highest BCUT2D eigenvalue weighted by atomic mass is 16.4. The van der Waals surface area contributed by atoms with E-state index in [1.165, 1.54) is 10.5 Å². The van der Waals surface area contributed by atoms with Gasteiger partial charge in [0.15, 0.2) is 0 Å². The number of benzene rings is 1. The molecular weight excluding hydrogens is 256 g/mol. The Morgan fingerprint density at radius 2 is 1.70 bits per heavy atom. The van der Waals surface area contributed by atoms with Gasteiger partial charge in [0.2, 0.25) is 5.91 Å². The highest BCUT2D eigenvalue weighted by Crippen LogP contribution is 2.22. The van der Waals surface area contributed by atoms with Gasteiger partial charge < -0.3 is 10.8 Å². The first kappa shape index (κ1) is 16.2. The number of carboxylic acids is 1. The van der Waals surface area contributed by atoms with E-state index >= 15 is 0 Å². The third-order valence-electron chi connectivity index (χ3n) is 2.96. The van der Waals surface area contributed by atoms with Gasteiger partial charge in [-0.1, -0.05) is 45.0 Å². The Morgan fingerprint density at radius 3 is 2.10 bits per heavy atom. The molecule has 0 radical (unpaired) electrons. The highest BCUT2D eigenvalue weighted by Gasteiger charge is 2.15. The van der Waals surface area contributed by atoms with Crippen molar-refractivity contribution in [2.24, 2.45) is 5.73 Å². The van der Waals surface area contributed by atoms with E-state index in [9.17, 15) is 9.59 Å². The topological polar surface area (TPSA) is 83.6 Å². The number of aliphatic carboxylic acids is 1. The number of primary amides is 1. The molecule has 5 heteroatoms. The van der Waals surface area contributed by atoms with Gasteiger partial charge >= 0.3 is 5.97 Å². The second kappa shape index (κ2) is 6.52. The zero-order valence-corrected chi connectivity index (χ0v) is 12.2. The predicted molar refractivity (Wildman–Crippen MR) is 77.2 cm³/mol. The number of carbonyl (C=O) groups is 2. The molecule has 3 N–H and O–H groups in total. The number of hydrogen-bond donors (Lipinski definition) is 2. The van der Waals surface area contributed by atoms with E-state index in [-0.39, 0.29) is 18.5 Å². The predicted octanol–water partition coefficient (Wildman–Crippen LogP) is 1.36. The lowest BCUT2D eigenvalue weighted by molar-refractivity contribution is -0.138. The molecular formula is C15H22N2O3. The van der Waals surface area contributed by atoms with Crippen molar-refractivity contribution in [3.05, 3.63) is 35.4 Å². The Balaban J connectivity index is 2.78. The van der Waals surface area contributed by atoms with Crippen LogP contribution in [0.25, 0.3) is 0 Å². The van der Waals surface area contributed by atoms with Crippen molar-refractivity contribution in [3.63, 3.8) is 0 Å². The van der Waals surface area contributed by atoms with Crippen molar-refractivity contribution in [1.29, 1.82) is 0 Å². The molecule has 0 aliphatic rings. The minimum absolute atomic E-state index is 0.0622. The molecule has 0 unspecified atom stereocenters. The van der Waals surface area contributed by atoms with Gasteiger partial charge in [-0.05, 0) is 16.5 Å². The van der Waals surface area contributed by atoms with E-state index in [2.05, 4.69) is 20.8 Å². The molecule has 1 aromatic carbocycles. The molecule has 1 amide bonds. The summed E-state index contributed by atoms with van der Waals surface area (Å²) in [6.45, 7) is 6.51. The van der Waals surface area contributed by atoms with Crippen LogP contribution >= 0.6 is 0 Å². The fourth-order valence-corrected chi connectivity index (χ4v) is 1.95. The lowest BCUT2D eigenvalue weighted by Gasteiger charge is -2.21. The Kier molecular flexibility index (Phi) is 5.27. The zero-order chi connectivity index (χ0) is 15.3. The van der Waals surface area contributed by atoms with Crippen molar-refractivity contribution >= 4 is 11.9 Å². The quantitative estimate of drug-likeness (QED) is 0.823. The summed E-state index contributed by atoms with van der Waals surface area (Å²) in [5.74, 6) is -1.50. The van der Waals surface area contributed by atoms with Crippen LogP contribution in [0, 0.1) is 0 Å². The summed E-state index contributed by atoms with van der Waals surface area (Å²) in [5.41, 5.74) is 7.37. The fourth-order valence-electron chi connectivity index (χ4n) is 1.95. The first-order chi connectivity index (χ1) is 9.18. The molecule has 0 fully saturated rings. The van der Waals surface area contributed by atoms with Gasteiger partial charge in [-0.3, -0.25) is 14.5 Å². The van der Waals surface area contributed by atoms with Crippen molar-refractivity contribution in [2.45, 2.75) is 32.7 Å². The molecule has 0 bridgehead atoms. The number of rotatable bonds is 6. The lowest BCUT2D eigenvalue weighted by atomic mass is 9.87. The third kappa shape index (κ3) is 5.40. The van der Waals surface area contributed by atoms with Crippen LogP contribution in [0.1, 0.15) is 31.9 Å². The normalized spacial score (nSPS) is 11.6. The number of carbonyl (C=O) groups excluding carboxylic acids is 1. The van der Waals surface area contributed by atoms with E-state index in [1.54, 1.807) is 0 Å². The van der Waals surface area contributed by atoms with Crippen molar-refractivity contribution in [1.82, 2.24) is 4.90 Å². The number of nitrogens with zero attached hydrogens (tertiary/aromatic N) is 1. The molecule has 5 nitrogen and oxygen atoms in total. The van der Waals surface area contributed by atoms with Gasteiger partial charge in [-0.2, -0.15) is 0 Å². The van der Waals surface area contributed by atoms with Crippen molar-refractivity contribution in [3.8, 4) is 0 Å². The van der Waals surface area contributed by atoms with E-state index in [1.807, 2.05) is 24.3 Å². The summed E-state index contributed by atoms with van der Waals surface area (Å²) in [7, 11) is 0. The monoisotopic (exact) mass is 278 g/mol. The molecule has 0 aliphatic heterocycles. The summed E-state index contributed by atoms with van der Waals surface area (Å²) in [6, 6.07) is 7.96. The molecule has 0 saturated heterocycles. The maximum absolute atomic E-state index is 11.0. The lowest BCUT2D eigenvalue weighted by Crippen LogP contribution is -2.36. The van der Waals surface area contributed by atoms with Gasteiger partial charge in [-0.15, -0.1) is 0 Å². The maximum atomic E-state index is 11.0. The van der Waals surface area contributed by atoms with Crippen LogP contribution in [0.5, 0.6) is 0 Å². The van der Waals surface area contributed by atoms with E-state index in [0.717, 1.165) is 5.56 Å². The van der Waals surface area contributed by atoms with Gasteiger partial charge in [-0.25, -0.2) is 0 Å². The number of carboxylic acid groups (broad SMARTS) is 1. The molecule has 110 valence electrons. The average Bonchev–Trinajstić information content (AvgIpc) is 2.26. The van der Waals surface area contributed by atoms with E-state index in [4.69, 9.17) is 10.8 Å². The highest BCUT2D eigenvalue weighted by molar-refractivity contribution is 5.77. The first-order valence-corrected chi connectivity index (χ1v) is 6.50. The van der Waals surface area contributed by atoms with Crippen LogP contribution in [0.4, 0.5) is 0 Å². The second-order valence-corrected chi connectivity index (χ2v) is 5.95. The summed E-state index contributed by atoms with van der Waals surface area (Å²) < 4.78 is 0. The molecule has 0 aliphatic carbocycles. The van der Waals surface area contributed by atoms with E-state index < -0.39 is 11.9 Å². The largest absolute Gasteiger partial charge is 0.480 e. The second-order valence-electron chi connectivity index (χ2n) is 5.95. The molecule has 1 rings (SSSR count). The minimum Gasteiger partial charge on any atom is -0.480 e. The number of nitrogens with two attached hydrogens (primary N) is 1. The van der Waals surface area contributed by atoms with Crippen LogP contribution in [-0.4, -0.2) is 35.0 Å². The molecule has 0 saturated carbocycles. The number of hydrogen-bond acceptors (Lipinski definition) is 3. The van der Waals surface area contributed by atoms with Crippen LogP contribution in [0.15, 0.2) is 24.3 Å². The Hall–Kier alpha value is -1.88. The summed E-state index contributed by atoms with van der Waals surface area (Å²) in [6.07, 6.45) is 0. The Morgan fingerprint density at radius 1 is 1.15 bits per heavy atom. The van der Waals surface area contributed by atoms with Crippen LogP contribution < -0.4 is 5.73 Å². The Labute approximate surface area is 119 Å². The fraction of sp³-hybridized carbons (Fsp3) is 0.467. The van der Waals surface area contributed by atoms with Crippen molar-refractivity contribution in [2.75, 3.05) is 13.1 Å². The number of amides is 1. The molecule has 0 heterocycles. The standard InChI is InChI=1S/C15H22N2O3/c1-15(2,3)12-6-4-11(5-7-12)8-17(9-13(16)18)10-14(19)20/h4-7H,8-10H2,1-3H3,(H2,16,18)(H,19,20). The van der Waals surface area contributed by atoms with Crippen LogP contribution in [-0.2, 0) is 21.5 Å². The Bertz CT molecular complexity index is 459. The summed E-state index contributed by atoms with van der Waals surface area (Å²) >= 11 is 0. The molecule has 0 atom stereocenters. The maximum Gasteiger partial charge on any atom is 0.317 e. The van der Waals surface area contributed by atoms with Gasteiger partial charge in [0.25, 0.3) is 0 Å². The molecule has 1 aromatic rings. The summed E-state index contributed by atoms with van der Waals surface area (Å²) in [4.78, 5) is 23.2. The molecule has 20 heavy (non-hydrogen) atoms. The van der Waals surface area contributed by atoms with Crippen LogP contribution in [0.3, 0.4) is 0 Å². The SMILES string of the molecule is CC(C)(C)c1ccc(CN(CC(N)=O)CC(=O)O)cc1. The average molecular weight is 278 g/mol. The van der Waals surface area contributed by atoms with Gasteiger partial charge in [0.05, 0.1) is 13.1 Å². The minimum atomic E-state index is -0.974. The van der Waals surface area contributed by atoms with E-state index in [0.29, 0.717) is 6.54 Å². The van der Waals surface area contributed by atoms with Gasteiger partial charge in [0, 0.05) is 6.54 Å².